The van der Waals surface area contributed by atoms with Crippen LogP contribution in [0.2, 0.25) is 0 Å². The fraction of sp³-hybridized carbons (Fsp3) is 0.357. The van der Waals surface area contributed by atoms with E-state index < -0.39 is 34.7 Å². The molecule has 9 nitrogen and oxygen atoms in total. The Morgan fingerprint density at radius 3 is 2.59 bits per heavy atom. The number of ether oxygens (including phenoxy) is 1. The van der Waals surface area contributed by atoms with Crippen LogP contribution in [0.4, 0.5) is 24.5 Å². The smallest absolute Gasteiger partial charge is 0.491 e. The monoisotopic (exact) mass is 591 g/mol. The summed E-state index contributed by atoms with van der Waals surface area (Å²) in [6.45, 7) is 0.780. The number of carbonyl (C=O) groups is 1. The third-order valence-electron chi connectivity index (χ3n) is 6.76. The minimum absolute atomic E-state index is 0.0380. The highest BCUT2D eigenvalue weighted by molar-refractivity contribution is 7.89. The van der Waals surface area contributed by atoms with Gasteiger partial charge in [-0.25, -0.2) is 8.42 Å². The quantitative estimate of drug-likeness (QED) is 0.344. The molecule has 2 aromatic carbocycles. The highest BCUT2D eigenvalue weighted by atomic mass is 32.2. The number of hydrogen-bond acceptors (Lipinski definition) is 7. The molecule has 0 spiro atoms. The summed E-state index contributed by atoms with van der Waals surface area (Å²) in [5, 5.41) is 2.60. The van der Waals surface area contributed by atoms with Crippen LogP contribution in [-0.2, 0) is 34.3 Å². The summed E-state index contributed by atoms with van der Waals surface area (Å²) in [7, 11) is -5.68. The van der Waals surface area contributed by atoms with E-state index in [9.17, 15) is 26.4 Å². The predicted octanol–water partition coefficient (Wildman–Crippen LogP) is 3.85. The Morgan fingerprint density at radius 2 is 1.90 bits per heavy atom. The SMILES string of the molecule is CC(=O)NCCOc1cccc2c1CN(S(=O)(=O)C(F)(F)F)C[C@H](CCc1ccccc1)N2Cc1cc(N)ccn1. The average Bonchev–Trinajstić information content (AvgIpc) is 3.07. The van der Waals surface area contributed by atoms with E-state index >= 15 is 0 Å². The number of pyridine rings is 1. The average molecular weight is 592 g/mol. The Labute approximate surface area is 237 Å². The minimum Gasteiger partial charge on any atom is -0.491 e. The third-order valence-corrected chi connectivity index (χ3v) is 8.30. The number of fused-ring (bicyclic) bond motifs is 1. The zero-order chi connectivity index (χ0) is 29.6. The largest absolute Gasteiger partial charge is 0.511 e. The van der Waals surface area contributed by atoms with Crippen molar-refractivity contribution in [2.24, 2.45) is 0 Å². The van der Waals surface area contributed by atoms with Gasteiger partial charge in [-0.3, -0.25) is 9.78 Å². The molecule has 0 fully saturated rings. The van der Waals surface area contributed by atoms with Crippen molar-refractivity contribution in [3.63, 3.8) is 0 Å². The Morgan fingerprint density at radius 1 is 1.15 bits per heavy atom. The van der Waals surface area contributed by atoms with Crippen LogP contribution in [0.1, 0.15) is 30.2 Å². The van der Waals surface area contributed by atoms with Gasteiger partial charge in [-0.15, -0.1) is 0 Å². The van der Waals surface area contributed by atoms with Gasteiger partial charge in [0.2, 0.25) is 5.91 Å². The van der Waals surface area contributed by atoms with E-state index in [0.717, 1.165) is 5.56 Å². The van der Waals surface area contributed by atoms with E-state index in [4.69, 9.17) is 10.5 Å². The molecule has 13 heteroatoms. The van der Waals surface area contributed by atoms with Crippen molar-refractivity contribution in [1.82, 2.24) is 14.6 Å². The number of amides is 1. The highest BCUT2D eigenvalue weighted by Crippen LogP contribution is 2.39. The summed E-state index contributed by atoms with van der Waals surface area (Å²) < 4.78 is 73.6. The van der Waals surface area contributed by atoms with Gasteiger partial charge in [0.05, 0.1) is 18.8 Å². The molecule has 1 atom stereocenters. The number of anilines is 2. The van der Waals surface area contributed by atoms with Crippen molar-refractivity contribution in [2.45, 2.75) is 44.4 Å². The molecule has 3 aromatic rings. The fourth-order valence-electron chi connectivity index (χ4n) is 4.80. The number of nitrogens with two attached hydrogens (primary N) is 1. The molecule has 0 saturated carbocycles. The molecule has 0 bridgehead atoms. The molecule has 0 saturated heterocycles. The van der Waals surface area contributed by atoms with Crippen LogP contribution in [0.15, 0.2) is 66.9 Å². The Kier molecular flexibility index (Phi) is 9.38. The number of nitrogen functional groups attached to an aromatic ring is 1. The zero-order valence-corrected chi connectivity index (χ0v) is 23.3. The topological polar surface area (TPSA) is 118 Å². The maximum atomic E-state index is 13.9. The first-order chi connectivity index (χ1) is 19.5. The van der Waals surface area contributed by atoms with Crippen molar-refractivity contribution in [1.29, 1.82) is 0 Å². The van der Waals surface area contributed by atoms with Gasteiger partial charge in [0.1, 0.15) is 12.4 Å². The van der Waals surface area contributed by atoms with Crippen molar-refractivity contribution >= 4 is 27.3 Å². The first-order valence-corrected chi connectivity index (χ1v) is 14.5. The van der Waals surface area contributed by atoms with Crippen molar-refractivity contribution in [3.8, 4) is 5.75 Å². The van der Waals surface area contributed by atoms with Gasteiger partial charge in [-0.05, 0) is 42.7 Å². The van der Waals surface area contributed by atoms with Crippen LogP contribution in [-0.4, -0.2) is 54.9 Å². The van der Waals surface area contributed by atoms with Crippen LogP contribution in [0.3, 0.4) is 0 Å². The summed E-state index contributed by atoms with van der Waals surface area (Å²) in [5.41, 5.74) is 3.33. The lowest BCUT2D eigenvalue weighted by Gasteiger charge is -2.34. The number of carbonyl (C=O) groups excluding carboxylic acids is 1. The van der Waals surface area contributed by atoms with Gasteiger partial charge in [0.15, 0.2) is 0 Å². The lowest BCUT2D eigenvalue weighted by Crippen LogP contribution is -2.47. The number of nitrogens with zero attached hydrogens (tertiary/aromatic N) is 3. The van der Waals surface area contributed by atoms with Crippen LogP contribution in [0, 0.1) is 0 Å². The first-order valence-electron chi connectivity index (χ1n) is 13.0. The van der Waals surface area contributed by atoms with Crippen molar-refractivity contribution in [3.05, 3.63) is 83.7 Å². The summed E-state index contributed by atoms with van der Waals surface area (Å²) in [5.74, 6) is -0.0329. The Balaban J connectivity index is 1.79. The van der Waals surface area contributed by atoms with Gasteiger partial charge in [-0.1, -0.05) is 36.4 Å². The number of rotatable bonds is 10. The number of halogens is 3. The molecule has 4 rings (SSSR count). The van der Waals surface area contributed by atoms with Gasteiger partial charge in [-0.2, -0.15) is 17.5 Å². The summed E-state index contributed by atoms with van der Waals surface area (Å²) in [6, 6.07) is 17.1. The maximum Gasteiger partial charge on any atom is 0.511 e. The summed E-state index contributed by atoms with van der Waals surface area (Å²) in [4.78, 5) is 17.5. The van der Waals surface area contributed by atoms with Gasteiger partial charge in [0, 0.05) is 49.2 Å². The number of benzene rings is 2. The summed E-state index contributed by atoms with van der Waals surface area (Å²) >= 11 is 0. The second-order valence-electron chi connectivity index (χ2n) is 9.72. The standard InChI is InChI=1S/C28H32F3N5O4S/c1-20(37)33-14-15-40-27-9-5-8-26-25(27)19-35(41(38,39)28(29,30)31)18-24(11-10-21-6-3-2-4-7-21)36(26)17-23-16-22(32)12-13-34-23/h2-9,12-13,16,24H,10-11,14-15,17-19H2,1H3,(H2,32,34)(H,33,37)/t24-/m0/s1. The molecule has 1 amide bonds. The zero-order valence-electron chi connectivity index (χ0n) is 22.5. The second-order valence-corrected chi connectivity index (χ2v) is 11.6. The molecule has 3 N–H and O–H groups in total. The Hall–Kier alpha value is -3.84. The molecule has 0 unspecified atom stereocenters. The van der Waals surface area contributed by atoms with Crippen LogP contribution < -0.4 is 20.7 Å². The molecule has 0 aliphatic carbocycles. The number of aryl methyl sites for hydroxylation is 1. The van der Waals surface area contributed by atoms with Crippen LogP contribution in [0.5, 0.6) is 5.75 Å². The van der Waals surface area contributed by atoms with Gasteiger partial charge in [0.25, 0.3) is 0 Å². The van der Waals surface area contributed by atoms with Crippen LogP contribution in [0.25, 0.3) is 0 Å². The van der Waals surface area contributed by atoms with Crippen molar-refractivity contribution < 1.29 is 31.1 Å². The number of aromatic nitrogens is 1. The molecule has 220 valence electrons. The second kappa shape index (κ2) is 12.8. The molecule has 2 heterocycles. The van der Waals surface area contributed by atoms with E-state index in [0.29, 0.717) is 34.2 Å². The van der Waals surface area contributed by atoms with E-state index in [1.165, 1.54) is 6.92 Å². The van der Waals surface area contributed by atoms with Crippen LogP contribution >= 0.6 is 0 Å². The molecular weight excluding hydrogens is 559 g/mol. The number of alkyl halides is 3. The molecule has 1 aliphatic heterocycles. The molecule has 1 aliphatic rings. The molecule has 41 heavy (non-hydrogen) atoms. The number of sulfonamides is 1. The summed E-state index contributed by atoms with van der Waals surface area (Å²) in [6.07, 6.45) is 2.42. The van der Waals surface area contributed by atoms with Gasteiger partial charge >= 0.3 is 15.5 Å². The number of hydrogen-bond donors (Lipinski definition) is 2. The minimum atomic E-state index is -5.68. The normalized spacial score (nSPS) is 16.1. The predicted molar refractivity (Wildman–Crippen MR) is 149 cm³/mol. The maximum absolute atomic E-state index is 13.9. The molecule has 0 radical (unpaired) electrons. The molecule has 1 aromatic heterocycles. The highest BCUT2D eigenvalue weighted by Gasteiger charge is 2.51. The molecular formula is C28H32F3N5O4S. The van der Waals surface area contributed by atoms with E-state index in [1.807, 2.05) is 35.2 Å². The lowest BCUT2D eigenvalue weighted by atomic mass is 10.0. The third kappa shape index (κ3) is 7.47. The fourth-order valence-corrected chi connectivity index (χ4v) is 5.76. The Bertz CT molecular complexity index is 1450. The van der Waals surface area contributed by atoms with Crippen molar-refractivity contribution in [2.75, 3.05) is 30.3 Å². The van der Waals surface area contributed by atoms with E-state index in [-0.39, 0.29) is 36.9 Å². The van der Waals surface area contributed by atoms with Gasteiger partial charge < -0.3 is 20.7 Å². The number of nitrogens with one attached hydrogen (secondary N) is 1. The van der Waals surface area contributed by atoms with E-state index in [1.54, 1.807) is 36.5 Å². The van der Waals surface area contributed by atoms with E-state index in [2.05, 4.69) is 10.3 Å². The first kappa shape index (κ1) is 30.1. The lowest BCUT2D eigenvalue weighted by molar-refractivity contribution is -0.119.